The van der Waals surface area contributed by atoms with Crippen molar-refractivity contribution >= 4 is 11.9 Å². The second-order valence-electron chi connectivity index (χ2n) is 6.85. The number of rotatable bonds is 2. The number of esters is 1. The molecule has 0 saturated heterocycles. The molecule has 2 aliphatic carbocycles. The van der Waals surface area contributed by atoms with Crippen molar-refractivity contribution < 1.29 is 29.3 Å². The summed E-state index contributed by atoms with van der Waals surface area (Å²) in [5, 5.41) is 15.9. The second-order valence-corrected chi connectivity index (χ2v) is 6.85. The fourth-order valence-electron chi connectivity index (χ4n) is 3.76. The maximum Gasteiger partial charge on any atom is 0.313 e. The average molecular weight is 417 g/mol. The van der Waals surface area contributed by atoms with Gasteiger partial charge in [0.2, 0.25) is 0 Å². The van der Waals surface area contributed by atoms with Crippen LogP contribution in [0.1, 0.15) is 46.9 Å². The number of hydrogen-bond donors (Lipinski definition) is 2. The fourth-order valence-corrected chi connectivity index (χ4v) is 3.76. The highest BCUT2D eigenvalue weighted by molar-refractivity contribution is 5.79. The molecule has 0 fully saturated rings. The molecule has 0 aromatic heterocycles. The summed E-state index contributed by atoms with van der Waals surface area (Å²) in [6.07, 6.45) is 3.56. The summed E-state index contributed by atoms with van der Waals surface area (Å²) in [5.74, 6) is -1.09. The molecule has 0 spiro atoms. The minimum absolute atomic E-state index is 0.0267. The Morgan fingerprint density at radius 3 is 1.63 bits per heavy atom. The lowest BCUT2D eigenvalue weighted by atomic mass is 10.0. The number of carbonyl (C=O) groups is 2. The molecule has 2 unspecified atom stereocenters. The molecule has 4 rings (SSSR count). The molecule has 0 radical (unpaired) electrons. The van der Waals surface area contributed by atoms with Gasteiger partial charge in [-0.3, -0.25) is 9.59 Å². The molecule has 2 N–H and O–H groups in total. The van der Waals surface area contributed by atoms with Crippen LogP contribution in [0, 0.1) is 0 Å². The van der Waals surface area contributed by atoms with E-state index in [1.807, 2.05) is 42.5 Å². The highest BCUT2D eigenvalue weighted by Gasteiger charge is 2.28. The first-order valence-corrected chi connectivity index (χ1v) is 9.84. The number of methoxy groups -OCH3 is 2. The normalized spacial score (nSPS) is 17.5. The topological polar surface area (TPSA) is 93.1 Å². The highest BCUT2D eigenvalue weighted by atomic mass is 16.5. The third-order valence-corrected chi connectivity index (χ3v) is 5.05. The largest absolute Gasteiger partial charge is 0.481 e. The van der Waals surface area contributed by atoms with Crippen LogP contribution in [-0.4, -0.2) is 50.6 Å². The van der Waals surface area contributed by atoms with E-state index < -0.39 is 5.97 Å². The quantitative estimate of drug-likeness (QED) is 0.727. The van der Waals surface area contributed by atoms with Gasteiger partial charge in [0, 0.05) is 21.3 Å². The molecule has 0 saturated carbocycles. The van der Waals surface area contributed by atoms with E-state index in [1.165, 1.54) is 18.2 Å². The SMILES string of the molecule is CO.COC.COC(=O)C1CCc2ccccc21.O=C(O)C1CCc2ccccc21. The van der Waals surface area contributed by atoms with E-state index in [0.717, 1.165) is 43.9 Å². The van der Waals surface area contributed by atoms with Crippen LogP contribution in [0.25, 0.3) is 0 Å². The second kappa shape index (κ2) is 13.5. The van der Waals surface area contributed by atoms with Gasteiger partial charge in [-0.25, -0.2) is 0 Å². The number of benzene rings is 2. The Kier molecular flexibility index (Phi) is 11.4. The van der Waals surface area contributed by atoms with E-state index in [2.05, 4.69) is 10.8 Å². The van der Waals surface area contributed by atoms with E-state index >= 15 is 0 Å². The first-order chi connectivity index (χ1) is 14.5. The zero-order chi connectivity index (χ0) is 22.5. The van der Waals surface area contributed by atoms with Gasteiger partial charge in [-0.15, -0.1) is 0 Å². The zero-order valence-corrected chi connectivity index (χ0v) is 18.1. The van der Waals surface area contributed by atoms with Gasteiger partial charge in [-0.2, -0.15) is 0 Å². The van der Waals surface area contributed by atoms with Crippen LogP contribution in [0.15, 0.2) is 48.5 Å². The van der Waals surface area contributed by atoms with Crippen molar-refractivity contribution in [3.05, 3.63) is 70.8 Å². The minimum atomic E-state index is -0.694. The van der Waals surface area contributed by atoms with Crippen molar-refractivity contribution in [1.29, 1.82) is 0 Å². The summed E-state index contributed by atoms with van der Waals surface area (Å²) in [5.41, 5.74) is 4.64. The molecule has 164 valence electrons. The van der Waals surface area contributed by atoms with E-state index in [0.29, 0.717) is 0 Å². The van der Waals surface area contributed by atoms with Crippen LogP contribution in [-0.2, 0) is 31.9 Å². The minimum Gasteiger partial charge on any atom is -0.481 e. The maximum atomic E-state index is 11.4. The first kappa shape index (κ1) is 25.3. The first-order valence-electron chi connectivity index (χ1n) is 9.84. The van der Waals surface area contributed by atoms with Crippen molar-refractivity contribution in [3.63, 3.8) is 0 Å². The van der Waals surface area contributed by atoms with Crippen molar-refractivity contribution in [3.8, 4) is 0 Å². The van der Waals surface area contributed by atoms with E-state index in [9.17, 15) is 9.59 Å². The third kappa shape index (κ3) is 6.68. The lowest BCUT2D eigenvalue weighted by Gasteiger charge is -2.07. The van der Waals surface area contributed by atoms with Crippen LogP contribution < -0.4 is 0 Å². The molecule has 6 heteroatoms. The van der Waals surface area contributed by atoms with E-state index in [4.69, 9.17) is 14.9 Å². The van der Waals surface area contributed by atoms with Gasteiger partial charge in [-0.1, -0.05) is 48.5 Å². The lowest BCUT2D eigenvalue weighted by molar-refractivity contribution is -0.142. The van der Waals surface area contributed by atoms with Crippen molar-refractivity contribution in [2.24, 2.45) is 0 Å². The fraction of sp³-hybridized carbons (Fsp3) is 0.417. The molecule has 2 aromatic rings. The monoisotopic (exact) mass is 416 g/mol. The van der Waals surface area contributed by atoms with Crippen LogP contribution in [0.4, 0.5) is 0 Å². The molecule has 6 nitrogen and oxygen atoms in total. The number of ether oxygens (including phenoxy) is 2. The number of carboxylic acids is 1. The Hall–Kier alpha value is -2.70. The summed E-state index contributed by atoms with van der Waals surface area (Å²) < 4.78 is 9.00. The number of aliphatic hydroxyl groups excluding tert-OH is 1. The van der Waals surface area contributed by atoms with E-state index in [-0.39, 0.29) is 17.8 Å². The predicted octanol–water partition coefficient (Wildman–Crippen LogP) is 3.56. The van der Waals surface area contributed by atoms with Gasteiger partial charge < -0.3 is 19.7 Å². The predicted molar refractivity (Wildman–Crippen MR) is 116 cm³/mol. The molecule has 0 bridgehead atoms. The number of carbonyl (C=O) groups excluding carboxylic acids is 1. The van der Waals surface area contributed by atoms with Gasteiger partial charge >= 0.3 is 11.9 Å². The summed E-state index contributed by atoms with van der Waals surface area (Å²) in [7, 11) is 5.70. The third-order valence-electron chi connectivity index (χ3n) is 5.05. The number of carboxylic acid groups (broad SMARTS) is 1. The molecule has 2 aliphatic rings. The maximum absolute atomic E-state index is 11.4. The molecule has 0 amide bonds. The highest BCUT2D eigenvalue weighted by Crippen LogP contribution is 2.33. The zero-order valence-electron chi connectivity index (χ0n) is 18.1. The average Bonchev–Trinajstić information content (AvgIpc) is 3.40. The summed E-state index contributed by atoms with van der Waals surface area (Å²) in [4.78, 5) is 22.1. The smallest absolute Gasteiger partial charge is 0.313 e. The Morgan fingerprint density at radius 1 is 0.800 bits per heavy atom. The summed E-state index contributed by atoms with van der Waals surface area (Å²) >= 11 is 0. The van der Waals surface area contributed by atoms with Gasteiger partial charge in [0.25, 0.3) is 0 Å². The summed E-state index contributed by atoms with van der Waals surface area (Å²) in [6, 6.07) is 15.9. The number of aliphatic carboxylic acids is 1. The van der Waals surface area contributed by atoms with Crippen LogP contribution in [0.3, 0.4) is 0 Å². The van der Waals surface area contributed by atoms with Crippen molar-refractivity contribution in [1.82, 2.24) is 0 Å². The number of aliphatic hydroxyl groups is 1. The summed E-state index contributed by atoms with van der Waals surface area (Å²) in [6.45, 7) is 0. The van der Waals surface area contributed by atoms with Gasteiger partial charge in [0.15, 0.2) is 0 Å². The molecule has 2 atom stereocenters. The lowest BCUT2D eigenvalue weighted by Crippen LogP contribution is -2.10. The number of fused-ring (bicyclic) bond motifs is 2. The van der Waals surface area contributed by atoms with Gasteiger partial charge in [0.05, 0.1) is 18.9 Å². The van der Waals surface area contributed by atoms with E-state index in [1.54, 1.807) is 14.2 Å². The molecule has 30 heavy (non-hydrogen) atoms. The molecular formula is C24H32O6. The Labute approximate surface area is 178 Å². The molecule has 0 aliphatic heterocycles. The Balaban J connectivity index is 0.000000248. The Morgan fingerprint density at radius 2 is 1.20 bits per heavy atom. The Bertz CT molecular complexity index is 802. The van der Waals surface area contributed by atoms with Crippen LogP contribution in [0.2, 0.25) is 0 Å². The number of hydrogen-bond acceptors (Lipinski definition) is 5. The molecule has 2 aromatic carbocycles. The van der Waals surface area contributed by atoms with Gasteiger partial charge in [0.1, 0.15) is 0 Å². The van der Waals surface area contributed by atoms with Crippen molar-refractivity contribution in [2.45, 2.75) is 37.5 Å². The standard InChI is InChI=1S/C11H12O2.C10H10O2.C2H6O.CH4O/c1-13-11(12)10-7-6-8-4-2-3-5-9(8)10;11-10(12)9-6-5-7-3-1-2-4-8(7)9;1-3-2;1-2/h2-5,10H,6-7H2,1H3;1-4,9H,5-6H2,(H,11,12);1-2H3;2H,1H3. The van der Waals surface area contributed by atoms with Gasteiger partial charge in [-0.05, 0) is 47.9 Å². The number of aryl methyl sites for hydroxylation is 2. The molecular weight excluding hydrogens is 384 g/mol. The van der Waals surface area contributed by atoms with Crippen molar-refractivity contribution in [2.75, 3.05) is 28.4 Å². The van der Waals surface area contributed by atoms with Crippen LogP contribution >= 0.6 is 0 Å². The molecule has 0 heterocycles. The van der Waals surface area contributed by atoms with Crippen LogP contribution in [0.5, 0.6) is 0 Å².